The number of hydrogen-bond acceptors (Lipinski definition) is 5. The van der Waals surface area contributed by atoms with Crippen LogP contribution in [0.1, 0.15) is 26.8 Å². The highest BCUT2D eigenvalue weighted by atomic mass is 32.2. The van der Waals surface area contributed by atoms with Gasteiger partial charge in [0.2, 0.25) is 0 Å². The van der Waals surface area contributed by atoms with Crippen LogP contribution in [-0.4, -0.2) is 41.4 Å². The number of likely N-dealkylation sites (N-methyl/N-ethyl adjacent to an activating group) is 1. The molecule has 5 nitrogen and oxygen atoms in total. The Kier molecular flexibility index (Phi) is 6.52. The summed E-state index contributed by atoms with van der Waals surface area (Å²) < 4.78 is 0. The molecule has 0 aliphatic heterocycles. The van der Waals surface area contributed by atoms with Crippen molar-refractivity contribution in [2.24, 2.45) is 0 Å². The summed E-state index contributed by atoms with van der Waals surface area (Å²) in [7, 11) is 4.07. The molecule has 0 aliphatic rings. The van der Waals surface area contributed by atoms with E-state index < -0.39 is 0 Å². The third kappa shape index (κ3) is 4.92. The van der Waals surface area contributed by atoms with E-state index in [9.17, 15) is 4.79 Å². The number of para-hydroxylation sites is 2. The maximum Gasteiger partial charge on any atom is 0.251 e. The van der Waals surface area contributed by atoms with E-state index in [1.54, 1.807) is 23.1 Å². The van der Waals surface area contributed by atoms with Gasteiger partial charge in [-0.1, -0.05) is 42.1 Å². The van der Waals surface area contributed by atoms with Gasteiger partial charge in [0.05, 0.1) is 17.1 Å². The Balaban J connectivity index is 1.32. The molecular formula is C23H24N4OS2. The zero-order valence-electron chi connectivity index (χ0n) is 17.0. The fourth-order valence-electron chi connectivity index (χ4n) is 3.21. The lowest BCUT2D eigenvalue weighted by molar-refractivity contribution is 0.0942. The van der Waals surface area contributed by atoms with Gasteiger partial charge in [0, 0.05) is 22.7 Å². The van der Waals surface area contributed by atoms with Gasteiger partial charge < -0.3 is 15.2 Å². The number of hydrogen-bond donors (Lipinski definition) is 2. The van der Waals surface area contributed by atoms with Crippen molar-refractivity contribution in [3.8, 4) is 0 Å². The molecule has 0 spiro atoms. The highest BCUT2D eigenvalue weighted by molar-refractivity contribution is 7.98. The topological polar surface area (TPSA) is 61.0 Å². The molecule has 1 atom stereocenters. The van der Waals surface area contributed by atoms with E-state index in [-0.39, 0.29) is 11.9 Å². The number of rotatable bonds is 8. The summed E-state index contributed by atoms with van der Waals surface area (Å²) in [6, 6.07) is 20.1. The van der Waals surface area contributed by atoms with Gasteiger partial charge in [-0.05, 0) is 55.4 Å². The van der Waals surface area contributed by atoms with Gasteiger partial charge in [0.25, 0.3) is 5.91 Å². The molecule has 2 heterocycles. The number of carbonyl (C=O) groups is 1. The minimum atomic E-state index is -0.0464. The van der Waals surface area contributed by atoms with E-state index in [1.165, 1.54) is 4.88 Å². The van der Waals surface area contributed by atoms with Crippen LogP contribution in [0.5, 0.6) is 0 Å². The Morgan fingerprint density at radius 2 is 1.93 bits per heavy atom. The number of benzene rings is 2. The molecule has 4 aromatic rings. The lowest BCUT2D eigenvalue weighted by Crippen LogP contribution is -2.34. The first kappa shape index (κ1) is 20.7. The van der Waals surface area contributed by atoms with Crippen LogP contribution in [0.25, 0.3) is 11.0 Å². The summed E-state index contributed by atoms with van der Waals surface area (Å²) in [5.41, 5.74) is 3.86. The van der Waals surface area contributed by atoms with E-state index >= 15 is 0 Å². The molecule has 154 valence electrons. The quantitative estimate of drug-likeness (QED) is 0.384. The smallest absolute Gasteiger partial charge is 0.251 e. The summed E-state index contributed by atoms with van der Waals surface area (Å²) in [6.45, 7) is 0.579. The Labute approximate surface area is 184 Å². The van der Waals surface area contributed by atoms with Gasteiger partial charge in [0.1, 0.15) is 0 Å². The molecule has 0 radical (unpaired) electrons. The Hall–Kier alpha value is -2.61. The predicted octanol–water partition coefficient (Wildman–Crippen LogP) is 4.95. The average molecular weight is 437 g/mol. The van der Waals surface area contributed by atoms with Gasteiger partial charge >= 0.3 is 0 Å². The molecule has 1 amide bonds. The van der Waals surface area contributed by atoms with Crippen LogP contribution in [0.2, 0.25) is 0 Å². The summed E-state index contributed by atoms with van der Waals surface area (Å²) in [4.78, 5) is 23.9. The third-order valence-corrected chi connectivity index (χ3v) is 6.83. The van der Waals surface area contributed by atoms with Crippen molar-refractivity contribution in [2.75, 3.05) is 20.6 Å². The minimum Gasteiger partial charge on any atom is -0.350 e. The summed E-state index contributed by atoms with van der Waals surface area (Å²) >= 11 is 3.37. The number of thiophene rings is 1. The zero-order chi connectivity index (χ0) is 20.9. The first-order chi connectivity index (χ1) is 14.6. The number of aromatic amines is 1. The van der Waals surface area contributed by atoms with Crippen LogP contribution in [0, 0.1) is 0 Å². The molecule has 4 rings (SSSR count). The number of nitrogens with one attached hydrogen (secondary N) is 2. The number of H-pyrrole nitrogens is 1. The van der Waals surface area contributed by atoms with E-state index in [0.717, 1.165) is 27.5 Å². The summed E-state index contributed by atoms with van der Waals surface area (Å²) in [5, 5.41) is 6.04. The number of carbonyl (C=O) groups excluding carboxylic acids is 1. The third-order valence-electron chi connectivity index (χ3n) is 4.91. The van der Waals surface area contributed by atoms with Crippen molar-refractivity contribution in [2.45, 2.75) is 17.0 Å². The number of aromatic nitrogens is 2. The van der Waals surface area contributed by atoms with Crippen LogP contribution < -0.4 is 5.32 Å². The van der Waals surface area contributed by atoms with E-state index in [0.29, 0.717) is 12.1 Å². The van der Waals surface area contributed by atoms with E-state index in [2.05, 4.69) is 31.6 Å². The normalized spacial score (nSPS) is 12.4. The summed E-state index contributed by atoms with van der Waals surface area (Å²) in [5.74, 6) is 0.748. The molecule has 1 unspecified atom stereocenters. The molecule has 30 heavy (non-hydrogen) atoms. The lowest BCUT2D eigenvalue weighted by atomic mass is 10.1. The maximum absolute atomic E-state index is 12.6. The second-order valence-corrected chi connectivity index (χ2v) is 9.19. The molecule has 2 aromatic heterocycles. The van der Waals surface area contributed by atoms with Crippen molar-refractivity contribution >= 4 is 40.0 Å². The molecule has 0 fully saturated rings. The van der Waals surface area contributed by atoms with Gasteiger partial charge in [-0.2, -0.15) is 0 Å². The highest BCUT2D eigenvalue weighted by Crippen LogP contribution is 2.24. The van der Waals surface area contributed by atoms with Gasteiger partial charge in [-0.15, -0.1) is 11.3 Å². The molecule has 0 aliphatic carbocycles. The Bertz CT molecular complexity index is 1070. The predicted molar refractivity (Wildman–Crippen MR) is 125 cm³/mol. The molecular weight excluding hydrogens is 412 g/mol. The zero-order valence-corrected chi connectivity index (χ0v) is 18.6. The first-order valence-electron chi connectivity index (χ1n) is 9.74. The van der Waals surface area contributed by atoms with Crippen molar-refractivity contribution in [1.82, 2.24) is 20.2 Å². The molecule has 0 saturated carbocycles. The molecule has 7 heteroatoms. The lowest BCUT2D eigenvalue weighted by Gasteiger charge is -2.23. The van der Waals surface area contributed by atoms with Crippen molar-refractivity contribution in [1.29, 1.82) is 0 Å². The second kappa shape index (κ2) is 9.47. The maximum atomic E-state index is 12.6. The molecule has 0 saturated heterocycles. The first-order valence-corrected chi connectivity index (χ1v) is 11.6. The fourth-order valence-corrected chi connectivity index (χ4v) is 4.98. The van der Waals surface area contributed by atoms with E-state index in [4.69, 9.17) is 0 Å². The van der Waals surface area contributed by atoms with Crippen molar-refractivity contribution in [3.05, 3.63) is 82.0 Å². The number of imidazole rings is 1. The van der Waals surface area contributed by atoms with Crippen LogP contribution in [0.4, 0.5) is 0 Å². The van der Waals surface area contributed by atoms with Crippen LogP contribution in [-0.2, 0) is 5.75 Å². The monoisotopic (exact) mass is 436 g/mol. The van der Waals surface area contributed by atoms with Crippen molar-refractivity contribution in [3.63, 3.8) is 0 Å². The van der Waals surface area contributed by atoms with Crippen LogP contribution >= 0.6 is 23.1 Å². The highest BCUT2D eigenvalue weighted by Gasteiger charge is 2.16. The fraction of sp³-hybridized carbons (Fsp3) is 0.217. The Morgan fingerprint density at radius 3 is 2.63 bits per heavy atom. The Morgan fingerprint density at radius 1 is 1.13 bits per heavy atom. The number of nitrogens with zero attached hydrogens (tertiary/aromatic N) is 2. The average Bonchev–Trinajstić information content (AvgIpc) is 3.42. The molecule has 0 bridgehead atoms. The number of amides is 1. The van der Waals surface area contributed by atoms with Gasteiger partial charge in [-0.3, -0.25) is 4.79 Å². The molecule has 2 aromatic carbocycles. The summed E-state index contributed by atoms with van der Waals surface area (Å²) in [6.07, 6.45) is 0. The number of thioether (sulfide) groups is 1. The standard InChI is InChI=1S/C23H24N4OS2/c1-27(2)20(21-8-5-13-29-21)14-24-22(28)17-11-9-16(10-12-17)15-30-23-25-18-6-3-4-7-19(18)26-23/h3-13,20H,14-15H2,1-2H3,(H,24,28)(H,25,26). The minimum absolute atomic E-state index is 0.0464. The van der Waals surface area contributed by atoms with Crippen LogP contribution in [0.15, 0.2) is 71.2 Å². The van der Waals surface area contributed by atoms with Crippen molar-refractivity contribution < 1.29 is 4.79 Å². The number of fused-ring (bicyclic) bond motifs is 1. The van der Waals surface area contributed by atoms with Gasteiger partial charge in [0.15, 0.2) is 5.16 Å². The van der Waals surface area contributed by atoms with E-state index in [1.807, 2.05) is 68.7 Å². The molecule has 2 N–H and O–H groups in total. The largest absolute Gasteiger partial charge is 0.350 e. The second-order valence-electron chi connectivity index (χ2n) is 7.25. The van der Waals surface area contributed by atoms with Gasteiger partial charge in [-0.25, -0.2) is 4.98 Å². The van der Waals surface area contributed by atoms with Crippen LogP contribution in [0.3, 0.4) is 0 Å². The SMILES string of the molecule is CN(C)C(CNC(=O)c1ccc(CSc2nc3ccccc3[nH]2)cc1)c1cccs1.